The monoisotopic (exact) mass is 192 g/mol. The van der Waals surface area contributed by atoms with Crippen LogP contribution in [0.25, 0.3) is 11.3 Å². The minimum Gasteiger partial charge on any atom is -0.361 e. The molecule has 0 bridgehead atoms. The topological polar surface area (TPSA) is 80.7 Å². The summed E-state index contributed by atoms with van der Waals surface area (Å²) in [7, 11) is 0. The van der Waals surface area contributed by atoms with Crippen LogP contribution in [0.1, 0.15) is 11.6 Å². The van der Waals surface area contributed by atoms with Gasteiger partial charge in [0.25, 0.3) is 0 Å². The second kappa shape index (κ2) is 3.63. The minimum absolute atomic E-state index is 0.593. The van der Waals surface area contributed by atoms with Gasteiger partial charge in [0.1, 0.15) is 11.6 Å². The summed E-state index contributed by atoms with van der Waals surface area (Å²) in [6.07, 6.45) is 4.20. The first kappa shape index (κ1) is 8.96. The number of rotatable bonds is 3. The molecule has 0 unspecified atom stereocenters. The minimum atomic E-state index is 0.593. The molecular formula is C9H12N4O. The van der Waals surface area contributed by atoms with Gasteiger partial charge in [-0.05, 0) is 13.5 Å². The fourth-order valence-electron chi connectivity index (χ4n) is 1.32. The number of hydrogen-bond acceptors (Lipinski definition) is 4. The first-order chi connectivity index (χ1) is 6.81. The van der Waals surface area contributed by atoms with Gasteiger partial charge in [-0.15, -0.1) is 0 Å². The smallest absolute Gasteiger partial charge is 0.142 e. The van der Waals surface area contributed by atoms with Crippen molar-refractivity contribution in [2.24, 2.45) is 5.73 Å². The summed E-state index contributed by atoms with van der Waals surface area (Å²) in [4.78, 5) is 7.36. The fraction of sp³-hybridized carbons (Fsp3) is 0.333. The van der Waals surface area contributed by atoms with Gasteiger partial charge in [0.2, 0.25) is 0 Å². The van der Waals surface area contributed by atoms with Crippen LogP contribution in [0, 0.1) is 6.92 Å². The summed E-state index contributed by atoms with van der Waals surface area (Å²) >= 11 is 0. The fourth-order valence-corrected chi connectivity index (χ4v) is 1.32. The molecule has 2 aromatic heterocycles. The average Bonchev–Trinajstić information content (AvgIpc) is 2.74. The standard InChI is InChI=1S/C9H12N4O/c1-6-7(4-12-14-6)8-5-11-9(13-8)2-3-10/h4-5H,2-3,10H2,1H3,(H,11,13). The second-order valence-corrected chi connectivity index (χ2v) is 3.08. The number of imidazole rings is 1. The Labute approximate surface area is 81.3 Å². The van der Waals surface area contributed by atoms with E-state index in [0.717, 1.165) is 29.3 Å². The Bertz CT molecular complexity index is 418. The van der Waals surface area contributed by atoms with Crippen molar-refractivity contribution >= 4 is 0 Å². The first-order valence-electron chi connectivity index (χ1n) is 4.47. The molecule has 0 aliphatic carbocycles. The molecule has 0 spiro atoms. The molecule has 0 aromatic carbocycles. The van der Waals surface area contributed by atoms with Crippen molar-refractivity contribution in [3.63, 3.8) is 0 Å². The maximum atomic E-state index is 5.43. The molecule has 0 aliphatic heterocycles. The van der Waals surface area contributed by atoms with E-state index in [1.165, 1.54) is 0 Å². The second-order valence-electron chi connectivity index (χ2n) is 3.08. The number of aryl methyl sites for hydroxylation is 1. The summed E-state index contributed by atoms with van der Waals surface area (Å²) in [6.45, 7) is 2.46. The van der Waals surface area contributed by atoms with Crippen LogP contribution in [0.5, 0.6) is 0 Å². The van der Waals surface area contributed by atoms with E-state index in [1.54, 1.807) is 12.4 Å². The zero-order valence-corrected chi connectivity index (χ0v) is 7.95. The Kier molecular flexibility index (Phi) is 2.32. The third kappa shape index (κ3) is 1.54. The molecule has 14 heavy (non-hydrogen) atoms. The van der Waals surface area contributed by atoms with Crippen molar-refractivity contribution in [3.8, 4) is 11.3 Å². The number of hydrogen-bond donors (Lipinski definition) is 2. The van der Waals surface area contributed by atoms with E-state index in [0.29, 0.717) is 6.54 Å². The van der Waals surface area contributed by atoms with Crippen LogP contribution in [-0.2, 0) is 6.42 Å². The molecule has 0 aliphatic rings. The van der Waals surface area contributed by atoms with Gasteiger partial charge in [-0.1, -0.05) is 5.16 Å². The highest BCUT2D eigenvalue weighted by Gasteiger charge is 2.08. The van der Waals surface area contributed by atoms with Crippen molar-refractivity contribution in [2.45, 2.75) is 13.3 Å². The van der Waals surface area contributed by atoms with Gasteiger partial charge in [-0.25, -0.2) is 4.98 Å². The molecular weight excluding hydrogens is 180 g/mol. The van der Waals surface area contributed by atoms with Gasteiger partial charge in [0.05, 0.1) is 23.7 Å². The predicted molar refractivity (Wildman–Crippen MR) is 51.6 cm³/mol. The summed E-state index contributed by atoms with van der Waals surface area (Å²) in [5, 5.41) is 3.71. The molecule has 2 heterocycles. The van der Waals surface area contributed by atoms with Crippen LogP contribution < -0.4 is 5.73 Å². The molecule has 0 amide bonds. The number of H-pyrrole nitrogens is 1. The molecule has 0 saturated carbocycles. The Morgan fingerprint density at radius 2 is 2.36 bits per heavy atom. The van der Waals surface area contributed by atoms with Gasteiger partial charge >= 0.3 is 0 Å². The van der Waals surface area contributed by atoms with E-state index < -0.39 is 0 Å². The van der Waals surface area contributed by atoms with Crippen LogP contribution >= 0.6 is 0 Å². The van der Waals surface area contributed by atoms with Crippen molar-refractivity contribution in [1.29, 1.82) is 0 Å². The highest BCUT2D eigenvalue weighted by atomic mass is 16.5. The molecule has 2 rings (SSSR count). The number of aromatic nitrogens is 3. The van der Waals surface area contributed by atoms with E-state index in [2.05, 4.69) is 15.1 Å². The van der Waals surface area contributed by atoms with Crippen molar-refractivity contribution in [3.05, 3.63) is 24.0 Å². The number of aromatic amines is 1. The number of nitrogens with two attached hydrogens (primary N) is 1. The van der Waals surface area contributed by atoms with E-state index in [4.69, 9.17) is 10.3 Å². The summed E-state index contributed by atoms with van der Waals surface area (Å²) in [5.74, 6) is 1.68. The third-order valence-electron chi connectivity index (χ3n) is 2.05. The van der Waals surface area contributed by atoms with E-state index in [-0.39, 0.29) is 0 Å². The number of nitrogens with one attached hydrogen (secondary N) is 1. The Morgan fingerprint density at radius 3 is 3.00 bits per heavy atom. The Balaban J connectivity index is 2.29. The van der Waals surface area contributed by atoms with Gasteiger partial charge in [-0.2, -0.15) is 0 Å². The molecule has 2 aromatic rings. The summed E-state index contributed by atoms with van der Waals surface area (Å²) in [6, 6.07) is 0. The Morgan fingerprint density at radius 1 is 1.50 bits per heavy atom. The quantitative estimate of drug-likeness (QED) is 0.756. The van der Waals surface area contributed by atoms with E-state index in [9.17, 15) is 0 Å². The zero-order valence-electron chi connectivity index (χ0n) is 7.95. The third-order valence-corrected chi connectivity index (χ3v) is 2.05. The molecule has 74 valence electrons. The molecule has 3 N–H and O–H groups in total. The van der Waals surface area contributed by atoms with Crippen LogP contribution in [-0.4, -0.2) is 21.7 Å². The maximum Gasteiger partial charge on any atom is 0.142 e. The molecule has 0 saturated heterocycles. The lowest BCUT2D eigenvalue weighted by molar-refractivity contribution is 0.398. The SMILES string of the molecule is Cc1oncc1-c1cnc(CCN)[nH]1. The maximum absolute atomic E-state index is 5.43. The Hall–Kier alpha value is -1.62. The van der Waals surface area contributed by atoms with Crippen LogP contribution in [0.15, 0.2) is 16.9 Å². The van der Waals surface area contributed by atoms with Crippen molar-refractivity contribution in [1.82, 2.24) is 15.1 Å². The zero-order chi connectivity index (χ0) is 9.97. The highest BCUT2D eigenvalue weighted by molar-refractivity contribution is 5.59. The van der Waals surface area contributed by atoms with Gasteiger partial charge in [-0.3, -0.25) is 0 Å². The molecule has 0 fully saturated rings. The number of nitrogens with zero attached hydrogens (tertiary/aromatic N) is 2. The lowest BCUT2D eigenvalue weighted by atomic mass is 10.2. The van der Waals surface area contributed by atoms with Crippen LogP contribution in [0.3, 0.4) is 0 Å². The molecule has 5 heteroatoms. The predicted octanol–water partition coefficient (Wildman–Crippen LogP) is 0.874. The molecule has 0 atom stereocenters. The summed E-state index contributed by atoms with van der Waals surface area (Å²) in [5.41, 5.74) is 7.30. The first-order valence-corrected chi connectivity index (χ1v) is 4.47. The van der Waals surface area contributed by atoms with Crippen LogP contribution in [0.2, 0.25) is 0 Å². The molecule has 0 radical (unpaired) electrons. The van der Waals surface area contributed by atoms with Gasteiger partial charge in [0.15, 0.2) is 0 Å². The largest absolute Gasteiger partial charge is 0.361 e. The average molecular weight is 192 g/mol. The van der Waals surface area contributed by atoms with Crippen molar-refractivity contribution < 1.29 is 4.52 Å². The molecule has 5 nitrogen and oxygen atoms in total. The van der Waals surface area contributed by atoms with Gasteiger partial charge < -0.3 is 15.2 Å². The highest BCUT2D eigenvalue weighted by Crippen LogP contribution is 2.20. The van der Waals surface area contributed by atoms with E-state index >= 15 is 0 Å². The normalized spacial score (nSPS) is 10.7. The van der Waals surface area contributed by atoms with Crippen molar-refractivity contribution in [2.75, 3.05) is 6.54 Å². The summed E-state index contributed by atoms with van der Waals surface area (Å²) < 4.78 is 4.97. The van der Waals surface area contributed by atoms with Crippen LogP contribution in [0.4, 0.5) is 0 Å². The van der Waals surface area contributed by atoms with E-state index in [1.807, 2.05) is 6.92 Å². The lowest BCUT2D eigenvalue weighted by Crippen LogP contribution is -2.03. The lowest BCUT2D eigenvalue weighted by Gasteiger charge is -1.92. The van der Waals surface area contributed by atoms with Gasteiger partial charge in [0, 0.05) is 6.42 Å².